The molecule has 2 saturated heterocycles. The number of piperazine rings is 1. The van der Waals surface area contributed by atoms with E-state index in [1.54, 1.807) is 19.2 Å². The van der Waals surface area contributed by atoms with Crippen molar-refractivity contribution in [1.82, 2.24) is 25.0 Å². The maximum absolute atomic E-state index is 13.6. The zero-order valence-electron chi connectivity index (χ0n) is 19.5. The standard InChI is InChI=1S/C24H35FN6O.HI/c1-26-24(27-9-8-19-17-28-22-7-6-20(25)16-21(19)22)31-14-12-29(13-15-31)18-23(32)30-10-4-2-3-5-11-30;/h6-7,16-17,28H,2-5,8-15,18H2,1H3,(H,26,27);1H. The number of carbonyl (C=O) groups is 1. The number of hydrogen-bond acceptors (Lipinski definition) is 3. The normalized spacial score (nSPS) is 18.2. The number of nitrogens with zero attached hydrogens (tertiary/aromatic N) is 4. The van der Waals surface area contributed by atoms with E-state index in [4.69, 9.17) is 0 Å². The van der Waals surface area contributed by atoms with E-state index in [1.165, 1.54) is 18.9 Å². The monoisotopic (exact) mass is 570 g/mol. The Bertz CT molecular complexity index is 932. The van der Waals surface area contributed by atoms with Gasteiger partial charge in [0.05, 0.1) is 6.54 Å². The molecule has 7 nitrogen and oxygen atoms in total. The zero-order valence-corrected chi connectivity index (χ0v) is 21.8. The lowest BCUT2D eigenvalue weighted by Crippen LogP contribution is -2.54. The van der Waals surface area contributed by atoms with Gasteiger partial charge in [0, 0.05) is 70.0 Å². The summed E-state index contributed by atoms with van der Waals surface area (Å²) < 4.78 is 13.6. The van der Waals surface area contributed by atoms with Crippen molar-refractivity contribution in [3.63, 3.8) is 0 Å². The first-order chi connectivity index (χ1) is 15.6. The summed E-state index contributed by atoms with van der Waals surface area (Å²) in [5.41, 5.74) is 2.05. The number of likely N-dealkylation sites (tertiary alicyclic amines) is 1. The van der Waals surface area contributed by atoms with Gasteiger partial charge in [0.25, 0.3) is 0 Å². The predicted molar refractivity (Wildman–Crippen MR) is 142 cm³/mol. The molecule has 0 saturated carbocycles. The van der Waals surface area contributed by atoms with Gasteiger partial charge in [0.2, 0.25) is 5.91 Å². The largest absolute Gasteiger partial charge is 0.361 e. The Morgan fingerprint density at radius 3 is 2.48 bits per heavy atom. The maximum atomic E-state index is 13.6. The number of aliphatic imine (C=N–C) groups is 1. The third-order valence-electron chi connectivity index (χ3n) is 6.61. The van der Waals surface area contributed by atoms with E-state index in [2.05, 4.69) is 30.0 Å². The molecule has 0 spiro atoms. The molecule has 2 fully saturated rings. The number of aromatic nitrogens is 1. The highest BCUT2D eigenvalue weighted by atomic mass is 127. The van der Waals surface area contributed by atoms with Crippen LogP contribution in [0.25, 0.3) is 10.9 Å². The number of carbonyl (C=O) groups excluding carboxylic acids is 1. The van der Waals surface area contributed by atoms with Crippen molar-refractivity contribution in [2.24, 2.45) is 4.99 Å². The Hall–Kier alpha value is -1.88. The number of hydrogen-bond donors (Lipinski definition) is 2. The van der Waals surface area contributed by atoms with Crippen LogP contribution in [0.2, 0.25) is 0 Å². The number of H-pyrrole nitrogens is 1. The Labute approximate surface area is 212 Å². The first-order valence-corrected chi connectivity index (χ1v) is 11.9. The molecule has 2 aliphatic heterocycles. The molecule has 0 aliphatic carbocycles. The maximum Gasteiger partial charge on any atom is 0.236 e. The molecule has 0 radical (unpaired) electrons. The van der Waals surface area contributed by atoms with Gasteiger partial charge in [-0.1, -0.05) is 12.8 Å². The molecule has 1 aromatic heterocycles. The van der Waals surface area contributed by atoms with Crippen LogP contribution in [0, 0.1) is 5.82 Å². The lowest BCUT2D eigenvalue weighted by molar-refractivity contribution is -0.132. The molecule has 3 heterocycles. The van der Waals surface area contributed by atoms with Crippen molar-refractivity contribution >= 4 is 46.7 Å². The second-order valence-corrected chi connectivity index (χ2v) is 8.79. The summed E-state index contributed by atoms with van der Waals surface area (Å²) in [6.07, 6.45) is 7.49. The van der Waals surface area contributed by atoms with Gasteiger partial charge in [-0.05, 0) is 43.0 Å². The molecule has 1 aromatic carbocycles. The highest BCUT2D eigenvalue weighted by Crippen LogP contribution is 2.19. The van der Waals surface area contributed by atoms with Crippen LogP contribution in [0.15, 0.2) is 29.4 Å². The van der Waals surface area contributed by atoms with E-state index in [1.807, 2.05) is 6.20 Å². The van der Waals surface area contributed by atoms with Crippen LogP contribution in [0.1, 0.15) is 31.2 Å². The molecule has 182 valence electrons. The highest BCUT2D eigenvalue weighted by Gasteiger charge is 2.23. The highest BCUT2D eigenvalue weighted by molar-refractivity contribution is 14.0. The average molecular weight is 570 g/mol. The molecule has 2 aliphatic rings. The van der Waals surface area contributed by atoms with E-state index in [0.29, 0.717) is 6.54 Å². The molecule has 9 heteroatoms. The van der Waals surface area contributed by atoms with E-state index >= 15 is 0 Å². The molecule has 4 rings (SSSR count). The van der Waals surface area contributed by atoms with E-state index in [-0.39, 0.29) is 35.7 Å². The third-order valence-corrected chi connectivity index (χ3v) is 6.61. The van der Waals surface area contributed by atoms with Crippen LogP contribution in [-0.4, -0.2) is 91.0 Å². The fraction of sp³-hybridized carbons (Fsp3) is 0.583. The Morgan fingerprint density at radius 2 is 1.79 bits per heavy atom. The van der Waals surface area contributed by atoms with Gasteiger partial charge >= 0.3 is 0 Å². The molecular weight excluding hydrogens is 534 g/mol. The fourth-order valence-electron chi connectivity index (χ4n) is 4.73. The number of fused-ring (bicyclic) bond motifs is 1. The quantitative estimate of drug-likeness (QED) is 0.330. The zero-order chi connectivity index (χ0) is 22.3. The van der Waals surface area contributed by atoms with Crippen LogP contribution >= 0.6 is 24.0 Å². The van der Waals surface area contributed by atoms with Crippen molar-refractivity contribution in [3.8, 4) is 0 Å². The SMILES string of the molecule is CN=C(NCCc1c[nH]c2ccc(F)cc12)N1CCN(CC(=O)N2CCCCCC2)CC1.I. The molecule has 2 aromatic rings. The van der Waals surface area contributed by atoms with Gasteiger partial charge in [-0.3, -0.25) is 14.7 Å². The number of amides is 1. The van der Waals surface area contributed by atoms with E-state index in [9.17, 15) is 9.18 Å². The van der Waals surface area contributed by atoms with Gasteiger partial charge in [-0.15, -0.1) is 24.0 Å². The van der Waals surface area contributed by atoms with Crippen LogP contribution in [0.4, 0.5) is 4.39 Å². The second-order valence-electron chi connectivity index (χ2n) is 8.79. The van der Waals surface area contributed by atoms with Gasteiger partial charge in [-0.25, -0.2) is 4.39 Å². The van der Waals surface area contributed by atoms with Crippen molar-refractivity contribution in [2.75, 3.05) is 59.4 Å². The summed E-state index contributed by atoms with van der Waals surface area (Å²) in [5.74, 6) is 0.946. The number of aromatic amines is 1. The number of nitrogens with one attached hydrogen (secondary N) is 2. The van der Waals surface area contributed by atoms with Crippen LogP contribution < -0.4 is 5.32 Å². The molecule has 1 amide bonds. The minimum absolute atomic E-state index is 0. The molecule has 0 atom stereocenters. The summed E-state index contributed by atoms with van der Waals surface area (Å²) in [6, 6.07) is 4.84. The van der Waals surface area contributed by atoms with E-state index < -0.39 is 0 Å². The van der Waals surface area contributed by atoms with Crippen molar-refractivity contribution < 1.29 is 9.18 Å². The Kier molecular flexibility index (Phi) is 9.78. The molecule has 0 unspecified atom stereocenters. The van der Waals surface area contributed by atoms with Crippen molar-refractivity contribution in [2.45, 2.75) is 32.1 Å². The van der Waals surface area contributed by atoms with Crippen LogP contribution in [0.5, 0.6) is 0 Å². The topological polar surface area (TPSA) is 67.0 Å². The summed E-state index contributed by atoms with van der Waals surface area (Å²) in [5, 5.41) is 4.38. The number of rotatable bonds is 5. The minimum atomic E-state index is -0.214. The molecule has 33 heavy (non-hydrogen) atoms. The lowest BCUT2D eigenvalue weighted by Gasteiger charge is -2.37. The van der Waals surface area contributed by atoms with Crippen molar-refractivity contribution in [1.29, 1.82) is 0 Å². The fourth-order valence-corrected chi connectivity index (χ4v) is 4.73. The van der Waals surface area contributed by atoms with Gasteiger partial charge in [-0.2, -0.15) is 0 Å². The molecule has 2 N–H and O–H groups in total. The van der Waals surface area contributed by atoms with Crippen LogP contribution in [-0.2, 0) is 11.2 Å². The Balaban J connectivity index is 0.00000306. The molecular formula is C24H36FIN6O. The summed E-state index contributed by atoms with van der Waals surface area (Å²) in [6.45, 7) is 6.51. The minimum Gasteiger partial charge on any atom is -0.361 e. The number of halogens is 2. The third kappa shape index (κ3) is 6.81. The van der Waals surface area contributed by atoms with Gasteiger partial charge < -0.3 is 20.1 Å². The first-order valence-electron chi connectivity index (χ1n) is 11.9. The predicted octanol–water partition coefficient (Wildman–Crippen LogP) is 3.06. The number of guanidine groups is 1. The van der Waals surface area contributed by atoms with Crippen LogP contribution in [0.3, 0.4) is 0 Å². The lowest BCUT2D eigenvalue weighted by atomic mass is 10.1. The smallest absolute Gasteiger partial charge is 0.236 e. The average Bonchev–Trinajstić information content (AvgIpc) is 3.00. The summed E-state index contributed by atoms with van der Waals surface area (Å²) >= 11 is 0. The van der Waals surface area contributed by atoms with Crippen molar-refractivity contribution in [3.05, 3.63) is 35.8 Å². The summed E-state index contributed by atoms with van der Waals surface area (Å²) in [7, 11) is 1.80. The molecule has 0 bridgehead atoms. The number of benzene rings is 1. The summed E-state index contributed by atoms with van der Waals surface area (Å²) in [4.78, 5) is 26.9. The first kappa shape index (κ1) is 25.7. The Morgan fingerprint density at radius 1 is 1.06 bits per heavy atom. The van der Waals surface area contributed by atoms with Gasteiger partial charge in [0.15, 0.2) is 5.96 Å². The van der Waals surface area contributed by atoms with Gasteiger partial charge in [0.1, 0.15) is 5.82 Å². The second kappa shape index (κ2) is 12.5. The van der Waals surface area contributed by atoms with E-state index in [0.717, 1.165) is 87.5 Å².